The first-order chi connectivity index (χ1) is 12.7. The third-order valence-corrected chi connectivity index (χ3v) is 4.04. The Morgan fingerprint density at radius 2 is 1.85 bits per heavy atom. The number of aryl methyl sites for hydroxylation is 1. The molecule has 5 heteroatoms. The maximum Gasteiger partial charge on any atom is 0.274 e. The van der Waals surface area contributed by atoms with Crippen molar-refractivity contribution in [2.24, 2.45) is 0 Å². The Labute approximate surface area is 153 Å². The number of methoxy groups -OCH3 is 1. The second-order valence-electron chi connectivity index (χ2n) is 5.90. The number of aromatic nitrogens is 1. The molecule has 0 aliphatic carbocycles. The van der Waals surface area contributed by atoms with Crippen LogP contribution in [0.5, 0.6) is 5.75 Å². The molecule has 5 nitrogen and oxygen atoms in total. The summed E-state index contributed by atoms with van der Waals surface area (Å²) >= 11 is 0. The Kier molecular flexibility index (Phi) is 5.49. The van der Waals surface area contributed by atoms with Gasteiger partial charge >= 0.3 is 0 Å². The van der Waals surface area contributed by atoms with Crippen molar-refractivity contribution >= 4 is 17.3 Å². The van der Waals surface area contributed by atoms with E-state index in [-0.39, 0.29) is 5.91 Å². The molecule has 26 heavy (non-hydrogen) atoms. The van der Waals surface area contributed by atoms with E-state index in [0.717, 1.165) is 28.3 Å². The van der Waals surface area contributed by atoms with Gasteiger partial charge in [-0.25, -0.2) is 0 Å². The van der Waals surface area contributed by atoms with Crippen molar-refractivity contribution in [2.45, 2.75) is 13.5 Å². The third kappa shape index (κ3) is 4.39. The maximum absolute atomic E-state index is 12.4. The molecule has 2 aromatic carbocycles. The fourth-order valence-electron chi connectivity index (χ4n) is 2.51. The van der Waals surface area contributed by atoms with Crippen LogP contribution in [0.3, 0.4) is 0 Å². The number of anilines is 2. The summed E-state index contributed by atoms with van der Waals surface area (Å²) in [5.41, 5.74) is 4.12. The number of carbonyl (C=O) groups excluding carboxylic acids is 1. The molecule has 0 unspecified atom stereocenters. The van der Waals surface area contributed by atoms with Crippen molar-refractivity contribution in [3.05, 3.63) is 83.7 Å². The minimum atomic E-state index is -0.229. The van der Waals surface area contributed by atoms with Crippen LogP contribution in [0, 0.1) is 6.92 Å². The summed E-state index contributed by atoms with van der Waals surface area (Å²) in [6.45, 7) is 2.60. The van der Waals surface area contributed by atoms with Gasteiger partial charge in [-0.15, -0.1) is 0 Å². The molecular formula is C21H21N3O2. The number of carbonyl (C=O) groups is 1. The summed E-state index contributed by atoms with van der Waals surface area (Å²) in [7, 11) is 1.65. The van der Waals surface area contributed by atoms with Crippen molar-refractivity contribution in [1.29, 1.82) is 0 Å². The van der Waals surface area contributed by atoms with E-state index in [4.69, 9.17) is 4.74 Å². The largest absolute Gasteiger partial charge is 0.497 e. The molecule has 0 bridgehead atoms. The number of hydrogen-bond acceptors (Lipinski definition) is 4. The van der Waals surface area contributed by atoms with Crippen molar-refractivity contribution in [2.75, 3.05) is 17.7 Å². The number of nitrogens with zero attached hydrogens (tertiary/aromatic N) is 1. The summed E-state index contributed by atoms with van der Waals surface area (Å²) < 4.78 is 5.16. The zero-order chi connectivity index (χ0) is 18.4. The van der Waals surface area contributed by atoms with E-state index in [2.05, 4.69) is 15.6 Å². The summed E-state index contributed by atoms with van der Waals surface area (Å²) in [5.74, 6) is 0.597. The quantitative estimate of drug-likeness (QED) is 0.699. The normalized spacial score (nSPS) is 10.2. The number of rotatable bonds is 6. The number of amides is 1. The van der Waals surface area contributed by atoms with Crippen molar-refractivity contribution in [3.63, 3.8) is 0 Å². The fourth-order valence-corrected chi connectivity index (χ4v) is 2.51. The Balaban J connectivity index is 1.65. The minimum Gasteiger partial charge on any atom is -0.497 e. The van der Waals surface area contributed by atoms with E-state index < -0.39 is 0 Å². The summed E-state index contributed by atoms with van der Waals surface area (Å²) in [6, 6.07) is 19.1. The number of pyridine rings is 1. The molecule has 2 N–H and O–H groups in total. The summed E-state index contributed by atoms with van der Waals surface area (Å²) in [6.07, 6.45) is 1.63. The monoisotopic (exact) mass is 347 g/mol. The van der Waals surface area contributed by atoms with Gasteiger partial charge in [-0.1, -0.05) is 30.3 Å². The van der Waals surface area contributed by atoms with Gasteiger partial charge in [0.25, 0.3) is 5.91 Å². The molecule has 132 valence electrons. The lowest BCUT2D eigenvalue weighted by Gasteiger charge is -2.10. The van der Waals surface area contributed by atoms with Gasteiger partial charge in [-0.3, -0.25) is 9.78 Å². The zero-order valence-corrected chi connectivity index (χ0v) is 14.8. The van der Waals surface area contributed by atoms with Gasteiger partial charge in [0.15, 0.2) is 0 Å². The molecule has 3 aromatic rings. The second kappa shape index (κ2) is 8.16. The Morgan fingerprint density at radius 1 is 1.08 bits per heavy atom. The Morgan fingerprint density at radius 3 is 2.58 bits per heavy atom. The third-order valence-electron chi connectivity index (χ3n) is 4.04. The smallest absolute Gasteiger partial charge is 0.274 e. The highest BCUT2D eigenvalue weighted by molar-refractivity contribution is 6.03. The van der Waals surface area contributed by atoms with Gasteiger partial charge in [0.1, 0.15) is 11.4 Å². The van der Waals surface area contributed by atoms with Crippen LogP contribution in [0.15, 0.2) is 66.9 Å². The van der Waals surface area contributed by atoms with E-state index >= 15 is 0 Å². The molecule has 1 amide bonds. The summed E-state index contributed by atoms with van der Waals surface area (Å²) in [4.78, 5) is 16.6. The standard InChI is InChI=1S/C21H21N3O2/c1-15-5-3-4-6-19(15)24-21(25)20-13-17(11-12-22-20)23-14-16-7-9-18(26-2)10-8-16/h3-13H,14H2,1-2H3,(H,22,23)(H,24,25). The average molecular weight is 347 g/mol. The van der Waals surface area contributed by atoms with Crippen LogP contribution in [0.4, 0.5) is 11.4 Å². The van der Waals surface area contributed by atoms with Crippen molar-refractivity contribution < 1.29 is 9.53 Å². The highest BCUT2D eigenvalue weighted by Gasteiger charge is 2.09. The molecule has 0 atom stereocenters. The fraction of sp³-hybridized carbons (Fsp3) is 0.143. The summed E-state index contributed by atoms with van der Waals surface area (Å²) in [5, 5.41) is 6.21. The van der Waals surface area contributed by atoms with E-state index in [0.29, 0.717) is 12.2 Å². The van der Waals surface area contributed by atoms with Gasteiger partial charge in [0.05, 0.1) is 7.11 Å². The molecule has 3 rings (SSSR count). The maximum atomic E-state index is 12.4. The molecule has 1 aromatic heterocycles. The number of hydrogen-bond donors (Lipinski definition) is 2. The number of ether oxygens (including phenoxy) is 1. The lowest BCUT2D eigenvalue weighted by atomic mass is 10.2. The molecule has 0 radical (unpaired) electrons. The molecule has 0 fully saturated rings. The zero-order valence-electron chi connectivity index (χ0n) is 14.8. The highest BCUT2D eigenvalue weighted by atomic mass is 16.5. The van der Waals surface area contributed by atoms with Gasteiger partial charge in [-0.2, -0.15) is 0 Å². The van der Waals surface area contributed by atoms with Crippen LogP contribution in [0.2, 0.25) is 0 Å². The van der Waals surface area contributed by atoms with Gasteiger partial charge in [0, 0.05) is 24.1 Å². The first kappa shape index (κ1) is 17.5. The first-order valence-corrected chi connectivity index (χ1v) is 8.35. The second-order valence-corrected chi connectivity index (χ2v) is 5.90. The van der Waals surface area contributed by atoms with E-state index in [9.17, 15) is 4.79 Å². The van der Waals surface area contributed by atoms with Crippen molar-refractivity contribution in [1.82, 2.24) is 4.98 Å². The number of para-hydroxylation sites is 1. The van der Waals surface area contributed by atoms with Crippen molar-refractivity contribution in [3.8, 4) is 5.75 Å². The molecule has 0 aliphatic heterocycles. The molecule has 0 saturated heterocycles. The van der Waals surface area contributed by atoms with E-state index in [1.54, 1.807) is 19.4 Å². The average Bonchev–Trinajstić information content (AvgIpc) is 2.69. The molecule has 1 heterocycles. The lowest BCUT2D eigenvalue weighted by molar-refractivity contribution is 0.102. The topological polar surface area (TPSA) is 63.2 Å². The SMILES string of the molecule is COc1ccc(CNc2ccnc(C(=O)Nc3ccccc3C)c2)cc1. The Bertz CT molecular complexity index is 892. The molecule has 0 saturated carbocycles. The molecular weight excluding hydrogens is 326 g/mol. The first-order valence-electron chi connectivity index (χ1n) is 8.35. The van der Waals surface area contributed by atoms with E-state index in [1.165, 1.54) is 0 Å². The van der Waals surface area contributed by atoms with Crippen LogP contribution < -0.4 is 15.4 Å². The van der Waals surface area contributed by atoms with Crippen LogP contribution in [-0.2, 0) is 6.54 Å². The predicted octanol–water partition coefficient (Wildman–Crippen LogP) is 4.26. The van der Waals surface area contributed by atoms with Crippen LogP contribution in [-0.4, -0.2) is 18.0 Å². The molecule has 0 aliphatic rings. The highest BCUT2D eigenvalue weighted by Crippen LogP contribution is 2.16. The van der Waals surface area contributed by atoms with Crippen LogP contribution >= 0.6 is 0 Å². The van der Waals surface area contributed by atoms with Crippen LogP contribution in [0.25, 0.3) is 0 Å². The van der Waals surface area contributed by atoms with E-state index in [1.807, 2.05) is 61.5 Å². The van der Waals surface area contributed by atoms with Gasteiger partial charge in [-0.05, 0) is 48.4 Å². The van der Waals surface area contributed by atoms with Gasteiger partial charge < -0.3 is 15.4 Å². The van der Waals surface area contributed by atoms with Crippen LogP contribution in [0.1, 0.15) is 21.6 Å². The minimum absolute atomic E-state index is 0.229. The lowest BCUT2D eigenvalue weighted by Crippen LogP contribution is -2.14. The molecule has 0 spiro atoms. The number of benzene rings is 2. The number of nitrogens with one attached hydrogen (secondary N) is 2. The Hall–Kier alpha value is -3.34. The van der Waals surface area contributed by atoms with Gasteiger partial charge in [0.2, 0.25) is 0 Å². The predicted molar refractivity (Wildman–Crippen MR) is 104 cm³/mol.